The average Bonchev–Trinajstić information content (AvgIpc) is 2.10. The Morgan fingerprint density at radius 2 is 1.45 bits per heavy atom. The fraction of sp³-hybridized carbons (Fsp3) is 0.800. The van der Waals surface area contributed by atoms with Gasteiger partial charge in [0.05, 0.1) is 0 Å². The van der Waals surface area contributed by atoms with E-state index in [-0.39, 0.29) is 0 Å². The number of nitrogens with zero attached hydrogens (tertiary/aromatic N) is 1. The lowest BCUT2D eigenvalue weighted by molar-refractivity contribution is 0.145. The molecule has 0 aromatic rings. The smallest absolute Gasteiger partial charge is 0.0125 e. The predicted octanol–water partition coefficient (Wildman–Crippen LogP) is 2.44. The maximum absolute atomic E-state index is 2.55. The van der Waals surface area contributed by atoms with Crippen molar-refractivity contribution in [2.45, 2.75) is 39.2 Å². The quantitative estimate of drug-likeness (QED) is 0.483. The first kappa shape index (κ1) is 8.79. The van der Waals surface area contributed by atoms with Crippen LogP contribution in [0, 0.1) is 0 Å². The van der Waals surface area contributed by atoms with Crippen LogP contribution in [0.4, 0.5) is 0 Å². The fourth-order valence-electron chi connectivity index (χ4n) is 1.48. The lowest BCUT2D eigenvalue weighted by Crippen LogP contribution is -2.41. The highest BCUT2D eigenvalue weighted by atomic mass is 15.2. The van der Waals surface area contributed by atoms with Crippen LogP contribution in [0.2, 0.25) is 0 Å². The monoisotopic (exact) mass is 153 g/mol. The summed E-state index contributed by atoms with van der Waals surface area (Å²) < 4.78 is 0. The summed E-state index contributed by atoms with van der Waals surface area (Å²) in [6, 6.07) is 0. The van der Waals surface area contributed by atoms with Crippen molar-refractivity contribution in [2.75, 3.05) is 13.1 Å². The standard InChI is InChI=1S/C10H19N/c1-10(2,3)11-8-6-4-5-7-9-11/h4-5H,6-9H2,1-3H3. The molecule has 0 N–H and O–H groups in total. The van der Waals surface area contributed by atoms with Crippen molar-refractivity contribution in [1.82, 2.24) is 4.90 Å². The van der Waals surface area contributed by atoms with Gasteiger partial charge >= 0.3 is 0 Å². The number of hydrogen-bond donors (Lipinski definition) is 0. The zero-order chi connectivity index (χ0) is 8.32. The molecule has 1 aliphatic heterocycles. The minimum absolute atomic E-state index is 0.353. The van der Waals surface area contributed by atoms with Crippen molar-refractivity contribution in [3.05, 3.63) is 12.2 Å². The van der Waals surface area contributed by atoms with Crippen molar-refractivity contribution < 1.29 is 0 Å². The molecule has 1 aliphatic rings. The zero-order valence-corrected chi connectivity index (χ0v) is 7.93. The van der Waals surface area contributed by atoms with Crippen molar-refractivity contribution in [3.8, 4) is 0 Å². The van der Waals surface area contributed by atoms with Crippen LogP contribution in [0.3, 0.4) is 0 Å². The van der Waals surface area contributed by atoms with Gasteiger partial charge in [0.1, 0.15) is 0 Å². The SMILES string of the molecule is CC(C)(C)N1CCC=CCC1. The van der Waals surface area contributed by atoms with Gasteiger partial charge in [0, 0.05) is 18.6 Å². The predicted molar refractivity (Wildman–Crippen MR) is 49.7 cm³/mol. The van der Waals surface area contributed by atoms with E-state index in [1.54, 1.807) is 0 Å². The summed E-state index contributed by atoms with van der Waals surface area (Å²) in [5.41, 5.74) is 0.353. The molecule has 1 rings (SSSR count). The van der Waals surface area contributed by atoms with E-state index >= 15 is 0 Å². The molecule has 1 heterocycles. The van der Waals surface area contributed by atoms with Gasteiger partial charge in [-0.1, -0.05) is 12.2 Å². The Labute approximate surface area is 70.1 Å². The Morgan fingerprint density at radius 1 is 1.00 bits per heavy atom. The normalized spacial score (nSPS) is 21.7. The van der Waals surface area contributed by atoms with Crippen molar-refractivity contribution in [1.29, 1.82) is 0 Å². The molecule has 0 saturated heterocycles. The molecule has 0 atom stereocenters. The van der Waals surface area contributed by atoms with E-state index in [0.717, 1.165) is 0 Å². The van der Waals surface area contributed by atoms with Crippen LogP contribution in [-0.4, -0.2) is 23.5 Å². The van der Waals surface area contributed by atoms with Gasteiger partial charge in [-0.25, -0.2) is 0 Å². The van der Waals surface area contributed by atoms with Gasteiger partial charge in [-0.15, -0.1) is 0 Å². The lowest BCUT2D eigenvalue weighted by Gasteiger charge is -2.34. The van der Waals surface area contributed by atoms with Gasteiger partial charge in [0.25, 0.3) is 0 Å². The molecule has 11 heavy (non-hydrogen) atoms. The van der Waals surface area contributed by atoms with Crippen LogP contribution in [0.15, 0.2) is 12.2 Å². The average molecular weight is 153 g/mol. The summed E-state index contributed by atoms with van der Waals surface area (Å²) in [5.74, 6) is 0. The number of hydrogen-bond acceptors (Lipinski definition) is 1. The molecule has 0 fully saturated rings. The highest BCUT2D eigenvalue weighted by molar-refractivity contribution is 4.90. The Hall–Kier alpha value is -0.300. The summed E-state index contributed by atoms with van der Waals surface area (Å²) in [6.45, 7) is 9.31. The van der Waals surface area contributed by atoms with Gasteiger partial charge in [-0.2, -0.15) is 0 Å². The molecule has 0 spiro atoms. The Kier molecular flexibility index (Phi) is 2.72. The van der Waals surface area contributed by atoms with Gasteiger partial charge in [-0.3, -0.25) is 4.90 Å². The summed E-state index contributed by atoms with van der Waals surface area (Å²) >= 11 is 0. The highest BCUT2D eigenvalue weighted by Crippen LogP contribution is 2.16. The van der Waals surface area contributed by atoms with Crippen LogP contribution in [0.25, 0.3) is 0 Å². The van der Waals surface area contributed by atoms with E-state index in [1.807, 2.05) is 0 Å². The minimum atomic E-state index is 0.353. The summed E-state index contributed by atoms with van der Waals surface area (Å²) in [5, 5.41) is 0. The van der Waals surface area contributed by atoms with Gasteiger partial charge in [0.15, 0.2) is 0 Å². The van der Waals surface area contributed by atoms with Gasteiger partial charge in [-0.05, 0) is 33.6 Å². The lowest BCUT2D eigenvalue weighted by atomic mass is 10.1. The Balaban J connectivity index is 2.47. The Bertz CT molecular complexity index is 131. The maximum atomic E-state index is 2.55. The summed E-state index contributed by atoms with van der Waals surface area (Å²) in [7, 11) is 0. The van der Waals surface area contributed by atoms with Crippen molar-refractivity contribution >= 4 is 0 Å². The number of rotatable bonds is 0. The van der Waals surface area contributed by atoms with Crippen molar-refractivity contribution in [2.24, 2.45) is 0 Å². The molecule has 0 amide bonds. The molecule has 1 nitrogen and oxygen atoms in total. The third-order valence-corrected chi connectivity index (χ3v) is 2.25. The summed E-state index contributed by atoms with van der Waals surface area (Å²) in [4.78, 5) is 2.55. The van der Waals surface area contributed by atoms with Gasteiger partial charge < -0.3 is 0 Å². The molecule has 1 heteroatoms. The second kappa shape index (κ2) is 3.40. The van der Waals surface area contributed by atoms with Crippen LogP contribution >= 0.6 is 0 Å². The molecule has 0 unspecified atom stereocenters. The second-order valence-corrected chi connectivity index (χ2v) is 4.21. The molecule has 64 valence electrons. The second-order valence-electron chi connectivity index (χ2n) is 4.21. The van der Waals surface area contributed by atoms with E-state index in [0.29, 0.717) is 5.54 Å². The molecule has 0 aromatic heterocycles. The third kappa shape index (κ3) is 2.66. The molecular weight excluding hydrogens is 134 g/mol. The molecule has 0 radical (unpaired) electrons. The maximum Gasteiger partial charge on any atom is 0.0125 e. The molecular formula is C10H19N. The van der Waals surface area contributed by atoms with E-state index in [2.05, 4.69) is 37.8 Å². The largest absolute Gasteiger partial charge is 0.298 e. The fourth-order valence-corrected chi connectivity index (χ4v) is 1.48. The van der Waals surface area contributed by atoms with E-state index < -0.39 is 0 Å². The third-order valence-electron chi connectivity index (χ3n) is 2.25. The van der Waals surface area contributed by atoms with Crippen LogP contribution in [-0.2, 0) is 0 Å². The van der Waals surface area contributed by atoms with E-state index in [1.165, 1.54) is 25.9 Å². The molecule has 0 aromatic carbocycles. The van der Waals surface area contributed by atoms with Crippen molar-refractivity contribution in [3.63, 3.8) is 0 Å². The first-order chi connectivity index (χ1) is 5.11. The molecule has 0 saturated carbocycles. The minimum Gasteiger partial charge on any atom is -0.298 e. The van der Waals surface area contributed by atoms with E-state index in [9.17, 15) is 0 Å². The zero-order valence-electron chi connectivity index (χ0n) is 7.93. The van der Waals surface area contributed by atoms with Crippen LogP contribution in [0.5, 0.6) is 0 Å². The van der Waals surface area contributed by atoms with Crippen LogP contribution < -0.4 is 0 Å². The highest BCUT2D eigenvalue weighted by Gasteiger charge is 2.19. The van der Waals surface area contributed by atoms with Gasteiger partial charge in [0.2, 0.25) is 0 Å². The molecule has 0 aliphatic carbocycles. The Morgan fingerprint density at radius 3 is 1.82 bits per heavy atom. The van der Waals surface area contributed by atoms with E-state index in [4.69, 9.17) is 0 Å². The van der Waals surface area contributed by atoms with Crippen LogP contribution in [0.1, 0.15) is 33.6 Å². The first-order valence-electron chi connectivity index (χ1n) is 4.51. The first-order valence-corrected chi connectivity index (χ1v) is 4.51. The topological polar surface area (TPSA) is 3.24 Å². The summed E-state index contributed by atoms with van der Waals surface area (Å²) in [6.07, 6.45) is 7.03. The molecule has 0 bridgehead atoms.